The molecule has 0 heterocycles. The number of methoxy groups -OCH3 is 1. The van der Waals surface area contributed by atoms with Crippen LogP contribution in [0.1, 0.15) is 15.9 Å². The van der Waals surface area contributed by atoms with E-state index in [1.807, 2.05) is 0 Å². The van der Waals surface area contributed by atoms with Crippen molar-refractivity contribution in [1.29, 1.82) is 0 Å². The topological polar surface area (TPSA) is 92.8 Å². The van der Waals surface area contributed by atoms with Gasteiger partial charge in [-0.3, -0.25) is 9.10 Å². The smallest absolute Gasteiger partial charge is 0.339 e. The number of carbonyl (C=O) groups excluding carboxylic acids is 2. The average molecular weight is 376 g/mol. The molecule has 1 N–H and O–H groups in total. The van der Waals surface area contributed by atoms with Gasteiger partial charge in [0.15, 0.2) is 0 Å². The molecule has 0 atom stereocenters. The quantitative estimate of drug-likeness (QED) is 0.780. The van der Waals surface area contributed by atoms with Gasteiger partial charge in [-0.15, -0.1) is 0 Å². The number of hydrogen-bond acceptors (Lipinski definition) is 5. The molecule has 0 aliphatic carbocycles. The van der Waals surface area contributed by atoms with Crippen LogP contribution in [0.25, 0.3) is 0 Å². The predicted molar refractivity (Wildman–Crippen MR) is 99.8 cm³/mol. The van der Waals surface area contributed by atoms with Gasteiger partial charge in [-0.2, -0.15) is 0 Å². The fourth-order valence-electron chi connectivity index (χ4n) is 2.42. The predicted octanol–water partition coefficient (Wildman–Crippen LogP) is 2.19. The van der Waals surface area contributed by atoms with Crippen molar-refractivity contribution in [3.8, 4) is 0 Å². The number of benzene rings is 2. The zero-order valence-electron chi connectivity index (χ0n) is 14.7. The summed E-state index contributed by atoms with van der Waals surface area (Å²) >= 11 is 0. The van der Waals surface area contributed by atoms with Crippen molar-refractivity contribution in [1.82, 2.24) is 0 Å². The first-order chi connectivity index (χ1) is 12.2. The second-order valence-corrected chi connectivity index (χ2v) is 7.55. The van der Waals surface area contributed by atoms with Crippen LogP contribution >= 0.6 is 0 Å². The number of sulfonamides is 1. The summed E-state index contributed by atoms with van der Waals surface area (Å²) in [6, 6.07) is 13.2. The van der Waals surface area contributed by atoms with Crippen LogP contribution in [-0.4, -0.2) is 40.2 Å². The van der Waals surface area contributed by atoms with Crippen molar-refractivity contribution in [2.24, 2.45) is 0 Å². The van der Waals surface area contributed by atoms with Gasteiger partial charge in [0.05, 0.1) is 30.3 Å². The molecule has 8 heteroatoms. The molecule has 0 radical (unpaired) electrons. The van der Waals surface area contributed by atoms with E-state index in [0.29, 0.717) is 5.69 Å². The number of rotatable bonds is 6. The maximum absolute atomic E-state index is 12.4. The van der Waals surface area contributed by atoms with Crippen LogP contribution in [0.2, 0.25) is 0 Å². The van der Waals surface area contributed by atoms with E-state index in [1.165, 1.54) is 13.2 Å². The van der Waals surface area contributed by atoms with Crippen molar-refractivity contribution < 1.29 is 22.7 Å². The van der Waals surface area contributed by atoms with Gasteiger partial charge in [0, 0.05) is 0 Å². The minimum absolute atomic E-state index is 0.185. The van der Waals surface area contributed by atoms with Gasteiger partial charge in [0.25, 0.3) is 0 Å². The lowest BCUT2D eigenvalue weighted by atomic mass is 10.1. The number of ether oxygens (including phenoxy) is 1. The largest absolute Gasteiger partial charge is 0.465 e. The number of aryl methyl sites for hydroxylation is 1. The monoisotopic (exact) mass is 376 g/mol. The molecule has 26 heavy (non-hydrogen) atoms. The van der Waals surface area contributed by atoms with Gasteiger partial charge >= 0.3 is 5.97 Å². The van der Waals surface area contributed by atoms with Crippen LogP contribution in [0.15, 0.2) is 48.5 Å². The van der Waals surface area contributed by atoms with E-state index in [4.69, 9.17) is 0 Å². The van der Waals surface area contributed by atoms with Crippen LogP contribution in [0.3, 0.4) is 0 Å². The maximum atomic E-state index is 12.4. The summed E-state index contributed by atoms with van der Waals surface area (Å²) in [7, 11) is -2.44. The van der Waals surface area contributed by atoms with E-state index in [2.05, 4.69) is 10.1 Å². The molecule has 7 nitrogen and oxygen atoms in total. The summed E-state index contributed by atoms with van der Waals surface area (Å²) in [6.45, 7) is 1.34. The van der Waals surface area contributed by atoms with Crippen molar-refractivity contribution in [3.63, 3.8) is 0 Å². The Morgan fingerprint density at radius 1 is 1.08 bits per heavy atom. The van der Waals surface area contributed by atoms with Gasteiger partial charge < -0.3 is 10.1 Å². The van der Waals surface area contributed by atoms with Gasteiger partial charge in [0.1, 0.15) is 6.54 Å². The third kappa shape index (κ3) is 4.60. The highest BCUT2D eigenvalue weighted by Crippen LogP contribution is 2.22. The molecular weight excluding hydrogens is 356 g/mol. The van der Waals surface area contributed by atoms with Gasteiger partial charge in [0.2, 0.25) is 15.9 Å². The first-order valence-corrected chi connectivity index (χ1v) is 9.59. The molecule has 2 rings (SSSR count). The average Bonchev–Trinajstić information content (AvgIpc) is 2.59. The molecule has 0 bridgehead atoms. The molecule has 0 spiro atoms. The van der Waals surface area contributed by atoms with E-state index in [9.17, 15) is 18.0 Å². The third-order valence-electron chi connectivity index (χ3n) is 3.68. The summed E-state index contributed by atoms with van der Waals surface area (Å²) in [5.41, 5.74) is 1.58. The number of nitrogens with one attached hydrogen (secondary N) is 1. The third-order valence-corrected chi connectivity index (χ3v) is 4.80. The minimum atomic E-state index is -3.68. The molecule has 138 valence electrons. The summed E-state index contributed by atoms with van der Waals surface area (Å²) in [5, 5.41) is 2.57. The van der Waals surface area contributed by atoms with Crippen molar-refractivity contribution in [2.75, 3.05) is 29.5 Å². The van der Waals surface area contributed by atoms with Crippen LogP contribution in [0.5, 0.6) is 0 Å². The summed E-state index contributed by atoms with van der Waals surface area (Å²) in [6.07, 6.45) is 1.04. The van der Waals surface area contributed by atoms with E-state index < -0.39 is 28.4 Å². The molecule has 2 aromatic rings. The van der Waals surface area contributed by atoms with Crippen LogP contribution in [-0.2, 0) is 19.6 Å². The fourth-order valence-corrected chi connectivity index (χ4v) is 3.34. The van der Waals surface area contributed by atoms with Gasteiger partial charge in [-0.25, -0.2) is 13.2 Å². The number of esters is 1. The molecule has 0 fully saturated rings. The zero-order chi connectivity index (χ0) is 19.3. The second-order valence-electron chi connectivity index (χ2n) is 5.64. The van der Waals surface area contributed by atoms with Gasteiger partial charge in [-0.05, 0) is 30.7 Å². The highest BCUT2D eigenvalue weighted by Gasteiger charge is 2.23. The molecule has 0 aliphatic heterocycles. The highest BCUT2D eigenvalue weighted by molar-refractivity contribution is 7.92. The molecule has 2 aromatic carbocycles. The molecule has 0 unspecified atom stereocenters. The van der Waals surface area contributed by atoms with E-state index in [1.54, 1.807) is 49.4 Å². The Balaban J connectivity index is 2.28. The van der Waals surface area contributed by atoms with Crippen molar-refractivity contribution >= 4 is 33.3 Å². The fraction of sp³-hybridized carbons (Fsp3) is 0.222. The normalized spacial score (nSPS) is 10.9. The Kier molecular flexibility index (Phi) is 5.99. The van der Waals surface area contributed by atoms with Crippen molar-refractivity contribution in [3.05, 3.63) is 59.7 Å². The van der Waals surface area contributed by atoms with Crippen molar-refractivity contribution in [2.45, 2.75) is 6.92 Å². The number of amides is 1. The first-order valence-electron chi connectivity index (χ1n) is 7.74. The Hall–Kier alpha value is -2.87. The summed E-state index contributed by atoms with van der Waals surface area (Å²) in [4.78, 5) is 24.2. The number of hydrogen-bond donors (Lipinski definition) is 1. The Labute approximate surface area is 152 Å². The van der Waals surface area contributed by atoms with Crippen LogP contribution in [0, 0.1) is 6.92 Å². The number of anilines is 2. The second kappa shape index (κ2) is 8.01. The molecule has 0 aromatic heterocycles. The zero-order valence-corrected chi connectivity index (χ0v) is 15.5. The van der Waals surface area contributed by atoms with Gasteiger partial charge in [-0.1, -0.05) is 30.3 Å². The lowest BCUT2D eigenvalue weighted by Crippen LogP contribution is -2.38. The number of carbonyl (C=O) groups is 2. The molecule has 0 aliphatic rings. The standard InChI is InChI=1S/C18H20N2O5S/c1-13-8-4-7-11-16(13)20(26(3,23)24)12-17(21)19-15-10-6-5-9-14(15)18(22)25-2/h4-11H,12H2,1-3H3,(H,19,21). The van der Waals surface area contributed by atoms with E-state index >= 15 is 0 Å². The SMILES string of the molecule is COC(=O)c1ccccc1NC(=O)CN(c1ccccc1C)S(C)(=O)=O. The molecule has 0 saturated heterocycles. The highest BCUT2D eigenvalue weighted by atomic mass is 32.2. The van der Waals surface area contributed by atoms with E-state index in [-0.39, 0.29) is 11.3 Å². The Morgan fingerprint density at radius 2 is 1.69 bits per heavy atom. The van der Waals surface area contributed by atoms with Crippen LogP contribution < -0.4 is 9.62 Å². The molecule has 1 amide bonds. The Bertz CT molecular complexity index is 925. The summed E-state index contributed by atoms with van der Waals surface area (Å²) < 4.78 is 30.0. The van der Waals surface area contributed by atoms with E-state index in [0.717, 1.165) is 16.1 Å². The first kappa shape index (κ1) is 19.5. The lowest BCUT2D eigenvalue weighted by Gasteiger charge is -2.23. The number of nitrogens with zero attached hydrogens (tertiary/aromatic N) is 1. The summed E-state index contributed by atoms with van der Waals surface area (Å²) in [5.74, 6) is -1.17. The number of para-hydroxylation sites is 2. The molecule has 0 saturated carbocycles. The lowest BCUT2D eigenvalue weighted by molar-refractivity contribution is -0.114. The van der Waals surface area contributed by atoms with Crippen LogP contribution in [0.4, 0.5) is 11.4 Å². The maximum Gasteiger partial charge on any atom is 0.339 e. The molecular formula is C18H20N2O5S. The minimum Gasteiger partial charge on any atom is -0.465 e. The Morgan fingerprint density at radius 3 is 2.31 bits per heavy atom.